The molecule has 0 spiro atoms. The fourth-order valence-corrected chi connectivity index (χ4v) is 4.79. The Balaban J connectivity index is 2.53. The molecule has 0 fully saturated rings. The van der Waals surface area contributed by atoms with E-state index < -0.39 is 28.7 Å². The highest BCUT2D eigenvalue weighted by molar-refractivity contribution is 7.90. The molecule has 0 aliphatic heterocycles. The highest BCUT2D eigenvalue weighted by atomic mass is 32.2. The Morgan fingerprint density at radius 3 is 2.21 bits per heavy atom. The fraction of sp³-hybridized carbons (Fsp3) is 0.440. The first-order chi connectivity index (χ1) is 16.0. The molecule has 2 aromatic carbocycles. The Labute approximate surface area is 203 Å². The van der Waals surface area contributed by atoms with Crippen LogP contribution in [0.15, 0.2) is 48.5 Å². The summed E-state index contributed by atoms with van der Waals surface area (Å²) < 4.78 is 28.8. The van der Waals surface area contributed by atoms with Crippen LogP contribution in [0, 0.1) is 13.8 Å². The van der Waals surface area contributed by atoms with Crippen LogP contribution >= 0.6 is 0 Å². The second-order valence-corrected chi connectivity index (χ2v) is 10.5. The van der Waals surface area contributed by atoms with Gasteiger partial charge >= 0.3 is 10.2 Å². The van der Waals surface area contributed by atoms with Crippen molar-refractivity contribution in [3.8, 4) is 0 Å². The zero-order valence-corrected chi connectivity index (χ0v) is 21.7. The lowest BCUT2D eigenvalue weighted by atomic mass is 10.1. The molecule has 0 saturated carbocycles. The summed E-state index contributed by atoms with van der Waals surface area (Å²) in [5.41, 5.74) is 2.90. The van der Waals surface area contributed by atoms with Gasteiger partial charge in [-0.15, -0.1) is 0 Å². The Kier molecular flexibility index (Phi) is 9.64. The van der Waals surface area contributed by atoms with Gasteiger partial charge in [-0.05, 0) is 49.9 Å². The number of nitrogens with zero attached hydrogens (tertiary/aromatic N) is 3. The van der Waals surface area contributed by atoms with Crippen molar-refractivity contribution in [3.05, 3.63) is 65.2 Å². The van der Waals surface area contributed by atoms with E-state index in [2.05, 4.69) is 5.32 Å². The molecular formula is C25H36N4O4S. The Morgan fingerprint density at radius 2 is 1.65 bits per heavy atom. The van der Waals surface area contributed by atoms with Crippen LogP contribution in [0.5, 0.6) is 0 Å². The predicted octanol–water partition coefficient (Wildman–Crippen LogP) is 2.86. The first kappa shape index (κ1) is 27.3. The summed E-state index contributed by atoms with van der Waals surface area (Å²) in [6.45, 7) is 7.54. The fourth-order valence-electron chi connectivity index (χ4n) is 3.68. The Morgan fingerprint density at radius 1 is 1.00 bits per heavy atom. The van der Waals surface area contributed by atoms with Crippen LogP contribution in [0.25, 0.3) is 0 Å². The summed E-state index contributed by atoms with van der Waals surface area (Å²) in [6.07, 6.45) is 0.397. The molecule has 34 heavy (non-hydrogen) atoms. The second kappa shape index (κ2) is 12.0. The highest BCUT2D eigenvalue weighted by Gasteiger charge is 2.34. The molecule has 1 N–H and O–H groups in total. The Hall–Kier alpha value is -2.91. The van der Waals surface area contributed by atoms with Gasteiger partial charge in [0.15, 0.2) is 0 Å². The number of likely N-dealkylation sites (N-methyl/N-ethyl adjacent to an activating group) is 1. The third-order valence-electron chi connectivity index (χ3n) is 5.58. The lowest BCUT2D eigenvalue weighted by molar-refractivity contribution is -0.140. The van der Waals surface area contributed by atoms with Gasteiger partial charge < -0.3 is 10.2 Å². The molecule has 2 rings (SSSR count). The van der Waals surface area contributed by atoms with Crippen molar-refractivity contribution in [2.24, 2.45) is 0 Å². The summed E-state index contributed by atoms with van der Waals surface area (Å²) in [6, 6.07) is 14.1. The van der Waals surface area contributed by atoms with Gasteiger partial charge in [-0.1, -0.05) is 49.4 Å². The second-order valence-electron chi connectivity index (χ2n) is 8.41. The van der Waals surface area contributed by atoms with E-state index in [0.717, 1.165) is 25.3 Å². The summed E-state index contributed by atoms with van der Waals surface area (Å²) in [5, 5.41) is 2.79. The number of carbonyl (C=O) groups excluding carboxylic acids is 2. The predicted molar refractivity (Wildman–Crippen MR) is 136 cm³/mol. The lowest BCUT2D eigenvalue weighted by Gasteiger charge is -2.34. The number of anilines is 1. The molecule has 1 atom stereocenters. The van der Waals surface area contributed by atoms with Crippen molar-refractivity contribution in [2.45, 2.75) is 46.7 Å². The number of rotatable bonds is 11. The van der Waals surface area contributed by atoms with E-state index in [9.17, 15) is 18.0 Å². The van der Waals surface area contributed by atoms with Crippen LogP contribution in [-0.2, 0) is 26.3 Å². The maximum absolute atomic E-state index is 13.7. The molecular weight excluding hydrogens is 452 g/mol. The van der Waals surface area contributed by atoms with Crippen LogP contribution in [0.1, 0.15) is 37.0 Å². The van der Waals surface area contributed by atoms with Crippen molar-refractivity contribution in [1.29, 1.82) is 0 Å². The summed E-state index contributed by atoms with van der Waals surface area (Å²) in [5.74, 6) is -0.712. The van der Waals surface area contributed by atoms with E-state index in [0.29, 0.717) is 18.7 Å². The zero-order valence-electron chi connectivity index (χ0n) is 20.9. The maximum Gasteiger partial charge on any atom is 0.304 e. The number of amides is 2. The number of carbonyl (C=O) groups is 2. The molecule has 2 aromatic rings. The Bertz CT molecular complexity index is 1090. The third kappa shape index (κ3) is 6.57. The number of hydrogen-bond donors (Lipinski definition) is 1. The smallest absolute Gasteiger partial charge is 0.304 e. The van der Waals surface area contributed by atoms with Gasteiger partial charge in [-0.3, -0.25) is 9.59 Å². The summed E-state index contributed by atoms with van der Waals surface area (Å²) >= 11 is 0. The minimum absolute atomic E-state index is 0.192. The van der Waals surface area contributed by atoms with Crippen LogP contribution < -0.4 is 9.62 Å². The van der Waals surface area contributed by atoms with Gasteiger partial charge in [0.25, 0.3) is 0 Å². The number of benzene rings is 2. The van der Waals surface area contributed by atoms with E-state index >= 15 is 0 Å². The molecule has 0 heterocycles. The molecule has 9 heteroatoms. The van der Waals surface area contributed by atoms with Crippen LogP contribution in [0.2, 0.25) is 0 Å². The zero-order chi connectivity index (χ0) is 25.5. The molecule has 2 amide bonds. The van der Waals surface area contributed by atoms with Gasteiger partial charge in [0.2, 0.25) is 11.8 Å². The van der Waals surface area contributed by atoms with Crippen molar-refractivity contribution in [2.75, 3.05) is 31.5 Å². The largest absolute Gasteiger partial charge is 0.355 e. The topological polar surface area (TPSA) is 90.0 Å². The number of hydrogen-bond acceptors (Lipinski definition) is 4. The molecule has 0 saturated heterocycles. The minimum Gasteiger partial charge on any atom is -0.355 e. The molecule has 0 radical (unpaired) electrons. The van der Waals surface area contributed by atoms with Crippen molar-refractivity contribution >= 4 is 27.7 Å². The van der Waals surface area contributed by atoms with Crippen molar-refractivity contribution in [3.63, 3.8) is 0 Å². The SMILES string of the molecule is CCNC(=O)C(CC)N(Cc1ccccc1)C(=O)CN(c1cc(C)ccc1C)S(=O)(=O)N(C)C. The minimum atomic E-state index is -3.98. The monoisotopic (exact) mass is 488 g/mol. The number of aryl methyl sites for hydroxylation is 2. The van der Waals surface area contributed by atoms with E-state index in [-0.39, 0.29) is 12.5 Å². The van der Waals surface area contributed by atoms with Gasteiger partial charge in [0, 0.05) is 27.2 Å². The number of nitrogens with one attached hydrogen (secondary N) is 1. The van der Waals surface area contributed by atoms with Gasteiger partial charge in [-0.25, -0.2) is 4.31 Å². The molecule has 1 unspecified atom stereocenters. The normalized spacial score (nSPS) is 12.3. The van der Waals surface area contributed by atoms with E-state index in [1.54, 1.807) is 6.07 Å². The molecule has 0 aliphatic rings. The summed E-state index contributed by atoms with van der Waals surface area (Å²) in [7, 11) is -1.11. The lowest BCUT2D eigenvalue weighted by Crippen LogP contribution is -2.53. The van der Waals surface area contributed by atoms with E-state index in [1.807, 2.05) is 70.2 Å². The van der Waals surface area contributed by atoms with Crippen LogP contribution in [0.4, 0.5) is 5.69 Å². The maximum atomic E-state index is 13.7. The average Bonchev–Trinajstić information content (AvgIpc) is 2.79. The molecule has 0 bridgehead atoms. The van der Waals surface area contributed by atoms with E-state index in [4.69, 9.17) is 0 Å². The van der Waals surface area contributed by atoms with Gasteiger partial charge in [0.05, 0.1) is 5.69 Å². The summed E-state index contributed by atoms with van der Waals surface area (Å²) in [4.78, 5) is 28.0. The average molecular weight is 489 g/mol. The molecule has 0 aliphatic carbocycles. The third-order valence-corrected chi connectivity index (χ3v) is 7.39. The van der Waals surface area contributed by atoms with Gasteiger partial charge in [-0.2, -0.15) is 12.7 Å². The van der Waals surface area contributed by atoms with Crippen LogP contribution in [0.3, 0.4) is 0 Å². The molecule has 0 aromatic heterocycles. The molecule has 8 nitrogen and oxygen atoms in total. The quantitative estimate of drug-likeness (QED) is 0.527. The first-order valence-electron chi connectivity index (χ1n) is 11.4. The first-order valence-corrected chi connectivity index (χ1v) is 12.8. The van der Waals surface area contributed by atoms with E-state index in [1.165, 1.54) is 19.0 Å². The standard InChI is InChI=1S/C25H36N4O4S/c1-7-22(25(31)26-8-2)28(17-21-12-10-9-11-13-21)24(30)18-29(34(32,33)27(5)6)23-16-19(3)14-15-20(23)4/h9-16,22H,7-8,17-18H2,1-6H3,(H,26,31). The molecule has 186 valence electrons. The van der Waals surface area contributed by atoms with Gasteiger partial charge in [0.1, 0.15) is 12.6 Å². The van der Waals surface area contributed by atoms with Crippen molar-refractivity contribution < 1.29 is 18.0 Å². The van der Waals surface area contributed by atoms with Crippen LogP contribution in [-0.4, -0.2) is 62.7 Å². The highest BCUT2D eigenvalue weighted by Crippen LogP contribution is 2.26. The van der Waals surface area contributed by atoms with Crippen molar-refractivity contribution in [1.82, 2.24) is 14.5 Å².